The first-order valence-corrected chi connectivity index (χ1v) is 31.6. The third-order valence-corrected chi connectivity index (χ3v) is 15.0. The van der Waals surface area contributed by atoms with Crippen LogP contribution in [0.5, 0.6) is 11.5 Å². The van der Waals surface area contributed by atoms with Gasteiger partial charge in [-0.1, -0.05) is 90.5 Å². The first-order valence-electron chi connectivity index (χ1n) is 31.6. The second kappa shape index (κ2) is 34.0. The fourth-order valence-corrected chi connectivity index (χ4v) is 10.1. The Morgan fingerprint density at radius 2 is 0.794 bits per heavy atom. The molecule has 0 aliphatic carbocycles. The lowest BCUT2D eigenvalue weighted by atomic mass is 10.0. The minimum atomic E-state index is -4.70. The highest BCUT2D eigenvalue weighted by atomic mass is 19.4. The Kier molecular flexibility index (Phi) is 25.9. The van der Waals surface area contributed by atoms with Crippen LogP contribution in [-0.2, 0) is 66.9 Å². The highest BCUT2D eigenvalue weighted by molar-refractivity contribution is 6.03. The summed E-state index contributed by atoms with van der Waals surface area (Å²) in [7, 11) is 2.49. The highest BCUT2D eigenvalue weighted by Crippen LogP contribution is 2.37. The molecule has 0 bridgehead atoms. The Bertz CT molecular complexity index is 4320. The lowest BCUT2D eigenvalue weighted by Gasteiger charge is -2.25. The number of nitrogens with one attached hydrogen (secondary N) is 3. The first kappa shape index (κ1) is 77.7. The van der Waals surface area contributed by atoms with Crippen molar-refractivity contribution in [3.63, 3.8) is 0 Å². The summed E-state index contributed by atoms with van der Waals surface area (Å²) in [5, 5.41) is 16.9. The number of nitrogens with zero attached hydrogens (tertiary/aromatic N) is 2. The van der Waals surface area contributed by atoms with Gasteiger partial charge in [-0.25, -0.2) is 4.79 Å². The molecule has 4 N–H and O–H groups in total. The number of ketones is 1. The molecule has 5 amide bonds. The number of carboxylic acid groups (broad SMARTS) is 1. The molecule has 19 nitrogen and oxygen atoms in total. The quantitative estimate of drug-likeness (QED) is 0.0249. The summed E-state index contributed by atoms with van der Waals surface area (Å²) in [4.78, 5) is 117. The Balaban J connectivity index is 0.000000301. The number of esters is 2. The molecule has 0 radical (unpaired) electrons. The van der Waals surface area contributed by atoms with Crippen molar-refractivity contribution in [2.45, 2.75) is 98.0 Å². The highest BCUT2D eigenvalue weighted by Gasteiger charge is 2.36. The zero-order chi connectivity index (χ0) is 74.9. The number of benzene rings is 8. The van der Waals surface area contributed by atoms with E-state index in [0.29, 0.717) is 22.3 Å². The monoisotopic (exact) mass is 1410 g/mol. The van der Waals surface area contributed by atoms with Crippen LogP contribution in [0.3, 0.4) is 0 Å². The summed E-state index contributed by atoms with van der Waals surface area (Å²) < 4.78 is 102. The number of ether oxygens (including phenoxy) is 4. The second-order valence-corrected chi connectivity index (χ2v) is 25.4. The molecule has 102 heavy (non-hydrogen) atoms. The number of carboxylic acids is 1. The molecule has 0 unspecified atom stereocenters. The number of carbonyl (C=O) groups is 9. The van der Waals surface area contributed by atoms with Crippen LogP contribution < -0.4 is 25.4 Å². The van der Waals surface area contributed by atoms with E-state index in [1.165, 1.54) is 121 Å². The summed E-state index contributed by atoms with van der Waals surface area (Å²) in [6, 6.07) is 45.4. The zero-order valence-corrected chi connectivity index (χ0v) is 57.2. The summed E-state index contributed by atoms with van der Waals surface area (Å²) in [6.07, 6.45) is -10.5. The van der Waals surface area contributed by atoms with Crippen LogP contribution in [0, 0.1) is 6.92 Å². The van der Waals surface area contributed by atoms with Gasteiger partial charge in [0.25, 0.3) is 17.7 Å². The molecular weight excluding hydrogens is 1330 g/mol. The summed E-state index contributed by atoms with van der Waals surface area (Å²) >= 11 is 0. The van der Waals surface area contributed by atoms with Gasteiger partial charge >= 0.3 is 30.3 Å². The van der Waals surface area contributed by atoms with Crippen LogP contribution in [0.1, 0.15) is 132 Å². The topological polar surface area (TPSA) is 253 Å². The van der Waals surface area contributed by atoms with E-state index in [1.54, 1.807) is 77.9 Å². The largest absolute Gasteiger partial charge is 0.497 e. The van der Waals surface area contributed by atoms with Gasteiger partial charge in [0.1, 0.15) is 35.8 Å². The molecule has 8 aromatic carbocycles. The van der Waals surface area contributed by atoms with Crippen LogP contribution in [-0.4, -0.2) is 113 Å². The Hall–Kier alpha value is -11.6. The number of rotatable bonds is 24. The van der Waals surface area contributed by atoms with Crippen molar-refractivity contribution in [1.29, 1.82) is 0 Å². The number of hydrogen-bond acceptors (Lipinski definition) is 13. The second-order valence-electron chi connectivity index (χ2n) is 25.4. The average Bonchev–Trinajstić information content (AvgIpc) is 0.822. The molecule has 0 heterocycles. The van der Waals surface area contributed by atoms with E-state index in [9.17, 15) is 69.5 Å². The molecule has 0 fully saturated rings. The van der Waals surface area contributed by atoms with Crippen LogP contribution in [0.25, 0.3) is 11.1 Å². The van der Waals surface area contributed by atoms with Gasteiger partial charge < -0.3 is 49.8 Å². The van der Waals surface area contributed by atoms with Crippen LogP contribution in [0.2, 0.25) is 0 Å². The predicted molar refractivity (Wildman–Crippen MR) is 368 cm³/mol. The van der Waals surface area contributed by atoms with Crippen molar-refractivity contribution >= 4 is 64.6 Å². The molecule has 0 aliphatic rings. The Morgan fingerprint density at radius 3 is 1.15 bits per heavy atom. The number of methoxy groups -OCH3 is 2. The lowest BCUT2D eigenvalue weighted by molar-refractivity contribution is -0.156. The van der Waals surface area contributed by atoms with Crippen molar-refractivity contribution in [2.24, 2.45) is 0 Å². The van der Waals surface area contributed by atoms with Gasteiger partial charge in [-0.05, 0) is 179 Å². The number of hydrogen-bond donors (Lipinski definition) is 4. The third kappa shape index (κ3) is 23.5. The summed E-state index contributed by atoms with van der Waals surface area (Å²) in [6.45, 7) is 11.1. The maximum atomic E-state index is 13.8. The van der Waals surface area contributed by atoms with Crippen LogP contribution in [0.15, 0.2) is 182 Å². The van der Waals surface area contributed by atoms with Crippen molar-refractivity contribution in [2.75, 3.05) is 44.5 Å². The van der Waals surface area contributed by atoms with Gasteiger partial charge in [-0.15, -0.1) is 0 Å². The molecule has 0 aliphatic heterocycles. The molecule has 8 aromatic rings. The lowest BCUT2D eigenvalue weighted by Crippen LogP contribution is -2.38. The summed E-state index contributed by atoms with van der Waals surface area (Å²) in [5.74, 6) is -5.63. The smallest absolute Gasteiger partial charge is 0.416 e. The van der Waals surface area contributed by atoms with Gasteiger partial charge in [0.05, 0.1) is 50.3 Å². The first-order chi connectivity index (χ1) is 47.9. The molecule has 534 valence electrons. The number of alkyl halides is 6. The van der Waals surface area contributed by atoms with E-state index in [0.717, 1.165) is 28.8 Å². The Labute approximate surface area is 584 Å². The zero-order valence-electron chi connectivity index (χ0n) is 57.2. The van der Waals surface area contributed by atoms with Gasteiger partial charge in [0, 0.05) is 46.7 Å². The van der Waals surface area contributed by atoms with Crippen molar-refractivity contribution in [3.05, 3.63) is 249 Å². The van der Waals surface area contributed by atoms with E-state index >= 15 is 0 Å². The molecular formula is C77H75F6N5O14. The van der Waals surface area contributed by atoms with Gasteiger partial charge in [-0.2, -0.15) is 26.3 Å². The van der Waals surface area contributed by atoms with E-state index in [-0.39, 0.29) is 76.1 Å². The molecule has 8 rings (SSSR count). The number of Topliss-reactive ketones (excluding diaryl/α,β-unsaturated/α-hetero) is 1. The van der Waals surface area contributed by atoms with E-state index in [2.05, 4.69) is 16.0 Å². The number of anilines is 2. The standard InChI is InChI=1S/C46H44F3N3O7.C31H31F3N2O7/c1-29-6-10-31(11-7-29)32-14-16-34(17-15-32)43(56)50-26-40(53)33-12-8-30(9-13-33)27-52(28-42(55)59-45(2,3)4)44(57)35-18-21-37(22-19-35)51-41(54)24-36-20-23-38(58-5)25-39(36)46(47,48)49;1-30(2,3)43-27(38)18-36(17-19-5-7-21(8-6-19)29(40)41)28(39)20-9-12-23(13-10-20)35-26(37)15-22-11-14-24(42-4)16-25(22)31(32,33)34/h6-23,25H,24,26-28H2,1-5H3,(H,50,56)(H,51,54);5-14,16H,15,17-18H2,1-4H3,(H,35,37)(H,40,41). The van der Waals surface area contributed by atoms with Gasteiger partial charge in [0.2, 0.25) is 11.8 Å². The molecule has 0 atom stereocenters. The van der Waals surface area contributed by atoms with Gasteiger partial charge in [0.15, 0.2) is 5.78 Å². The molecule has 25 heteroatoms. The number of halogens is 6. The SMILES string of the molecule is COc1ccc(CC(=O)Nc2ccc(C(=O)N(CC(=O)OC(C)(C)C)Cc3ccc(C(=O)CNC(=O)c4ccc(-c5ccc(C)cc5)cc4)cc3)cc2)c(C(F)(F)F)c1.COc1ccc(CC(=O)Nc2ccc(C(=O)N(CC(=O)OC(C)(C)C)Cc3ccc(C(=O)O)cc3)cc2)c(C(F)(F)F)c1. The maximum absolute atomic E-state index is 13.8. The molecule has 0 saturated carbocycles. The minimum Gasteiger partial charge on any atom is -0.497 e. The fourth-order valence-electron chi connectivity index (χ4n) is 10.1. The summed E-state index contributed by atoms with van der Waals surface area (Å²) in [5.41, 5.74) is 1.85. The number of carbonyl (C=O) groups excluding carboxylic acids is 8. The Morgan fingerprint density at radius 1 is 0.441 bits per heavy atom. The average molecular weight is 1410 g/mol. The molecule has 0 aromatic heterocycles. The molecule has 0 saturated heterocycles. The van der Waals surface area contributed by atoms with Crippen molar-refractivity contribution < 1.29 is 93.5 Å². The predicted octanol–water partition coefficient (Wildman–Crippen LogP) is 14.0. The maximum Gasteiger partial charge on any atom is 0.416 e. The van der Waals surface area contributed by atoms with Crippen LogP contribution in [0.4, 0.5) is 37.7 Å². The number of aromatic carboxylic acids is 1. The fraction of sp³-hybridized carbons (Fsp3) is 0.260. The minimum absolute atomic E-state index is 0.00407. The van der Waals surface area contributed by atoms with Gasteiger partial charge in [-0.3, -0.25) is 38.4 Å². The van der Waals surface area contributed by atoms with E-state index in [1.807, 2.05) is 43.3 Å². The number of aryl methyl sites for hydroxylation is 1. The normalized spacial score (nSPS) is 11.4. The van der Waals surface area contributed by atoms with Crippen molar-refractivity contribution in [3.8, 4) is 22.6 Å². The molecule has 0 spiro atoms. The van der Waals surface area contributed by atoms with E-state index < -0.39 is 108 Å². The number of amides is 5. The third-order valence-electron chi connectivity index (χ3n) is 15.0. The van der Waals surface area contributed by atoms with Crippen LogP contribution >= 0.6 is 0 Å². The van der Waals surface area contributed by atoms with E-state index in [4.69, 9.17) is 24.1 Å². The van der Waals surface area contributed by atoms with Crippen molar-refractivity contribution in [1.82, 2.24) is 15.1 Å².